The highest BCUT2D eigenvalue weighted by Gasteiger charge is 2.23. The van der Waals surface area contributed by atoms with Gasteiger partial charge in [-0.2, -0.15) is 5.26 Å². The largest absolute Gasteiger partial charge is 0.312 e. The van der Waals surface area contributed by atoms with Crippen molar-refractivity contribution < 1.29 is 4.79 Å². The summed E-state index contributed by atoms with van der Waals surface area (Å²) in [4.78, 5) is 18.4. The Balaban J connectivity index is 1.83. The second-order valence-corrected chi connectivity index (χ2v) is 7.51. The summed E-state index contributed by atoms with van der Waals surface area (Å²) in [5, 5.41) is 13.9. The number of anilines is 1. The van der Waals surface area contributed by atoms with Crippen molar-refractivity contribution in [3.63, 3.8) is 0 Å². The van der Waals surface area contributed by atoms with E-state index in [1.165, 1.54) is 27.6 Å². The molecule has 0 atom stereocenters. The first-order valence-corrected chi connectivity index (χ1v) is 8.55. The first-order chi connectivity index (χ1) is 10.1. The molecule has 2 heterocycles. The molecule has 6 heteroatoms. The van der Waals surface area contributed by atoms with E-state index in [1.807, 2.05) is 0 Å². The Bertz CT molecular complexity index is 737. The summed E-state index contributed by atoms with van der Waals surface area (Å²) in [6.45, 7) is 4.11. The molecule has 4 nitrogen and oxygen atoms in total. The monoisotopic (exact) mass is 317 g/mol. The minimum Gasteiger partial charge on any atom is -0.312 e. The standard InChI is InChI=1S/C15H15N3OS2/c1-8(2)14-17-7-12(21-14)13(19)18-15-10(6-16)9-4-3-5-11(9)20-15/h7-8H,3-5H2,1-2H3,(H,18,19). The molecule has 0 bridgehead atoms. The molecule has 21 heavy (non-hydrogen) atoms. The number of hydrogen-bond donors (Lipinski definition) is 1. The second kappa shape index (κ2) is 5.58. The van der Waals surface area contributed by atoms with Crippen LogP contribution in [0.15, 0.2) is 6.20 Å². The number of carbonyl (C=O) groups excluding carboxylic acids is 1. The van der Waals surface area contributed by atoms with Crippen molar-refractivity contribution in [2.24, 2.45) is 0 Å². The van der Waals surface area contributed by atoms with Crippen LogP contribution in [0.4, 0.5) is 5.00 Å². The number of rotatable bonds is 3. The Hall–Kier alpha value is -1.71. The van der Waals surface area contributed by atoms with E-state index in [0.717, 1.165) is 29.8 Å². The van der Waals surface area contributed by atoms with Gasteiger partial charge in [-0.1, -0.05) is 13.8 Å². The Morgan fingerprint density at radius 2 is 2.24 bits per heavy atom. The molecule has 1 aliphatic rings. The van der Waals surface area contributed by atoms with Gasteiger partial charge >= 0.3 is 0 Å². The van der Waals surface area contributed by atoms with Gasteiger partial charge in [-0.3, -0.25) is 4.79 Å². The Kier molecular flexibility index (Phi) is 3.79. The van der Waals surface area contributed by atoms with Crippen LogP contribution >= 0.6 is 22.7 Å². The van der Waals surface area contributed by atoms with Gasteiger partial charge in [0, 0.05) is 10.8 Å². The fourth-order valence-corrected chi connectivity index (χ4v) is 4.49. The van der Waals surface area contributed by atoms with Gasteiger partial charge in [-0.05, 0) is 24.8 Å². The molecule has 1 amide bonds. The number of thiazole rings is 1. The molecule has 0 aromatic carbocycles. The lowest BCUT2D eigenvalue weighted by atomic mass is 10.1. The van der Waals surface area contributed by atoms with Crippen LogP contribution in [-0.2, 0) is 12.8 Å². The van der Waals surface area contributed by atoms with Gasteiger partial charge in [0.1, 0.15) is 15.9 Å². The van der Waals surface area contributed by atoms with Crippen LogP contribution in [-0.4, -0.2) is 10.9 Å². The maximum absolute atomic E-state index is 12.3. The zero-order chi connectivity index (χ0) is 15.0. The summed E-state index contributed by atoms with van der Waals surface area (Å²) in [6.07, 6.45) is 4.69. The van der Waals surface area contributed by atoms with Crippen LogP contribution in [0.5, 0.6) is 0 Å². The average molecular weight is 317 g/mol. The van der Waals surface area contributed by atoms with Crippen LogP contribution in [0.25, 0.3) is 0 Å². The summed E-state index contributed by atoms with van der Waals surface area (Å²) in [7, 11) is 0. The minimum absolute atomic E-state index is 0.171. The maximum Gasteiger partial charge on any atom is 0.268 e. The molecule has 0 aliphatic heterocycles. The molecule has 1 N–H and O–H groups in total. The Morgan fingerprint density at radius 3 is 2.90 bits per heavy atom. The smallest absolute Gasteiger partial charge is 0.268 e. The highest BCUT2D eigenvalue weighted by molar-refractivity contribution is 7.17. The minimum atomic E-state index is -0.171. The van der Waals surface area contributed by atoms with E-state index in [9.17, 15) is 10.1 Å². The molecule has 2 aromatic rings. The van der Waals surface area contributed by atoms with Gasteiger partial charge in [0.2, 0.25) is 0 Å². The summed E-state index contributed by atoms with van der Waals surface area (Å²) in [5.74, 6) is 0.146. The number of hydrogen-bond acceptors (Lipinski definition) is 5. The third kappa shape index (κ3) is 2.59. The lowest BCUT2D eigenvalue weighted by Crippen LogP contribution is -2.10. The molecule has 0 spiro atoms. The van der Waals surface area contributed by atoms with Gasteiger partial charge in [0.25, 0.3) is 5.91 Å². The Morgan fingerprint density at radius 1 is 1.43 bits per heavy atom. The van der Waals surface area contributed by atoms with Gasteiger partial charge in [0.15, 0.2) is 0 Å². The first-order valence-electron chi connectivity index (χ1n) is 6.92. The highest BCUT2D eigenvalue weighted by atomic mass is 32.1. The predicted molar refractivity (Wildman–Crippen MR) is 85.2 cm³/mol. The lowest BCUT2D eigenvalue weighted by Gasteiger charge is -2.01. The third-order valence-electron chi connectivity index (χ3n) is 3.50. The van der Waals surface area contributed by atoms with Crippen molar-refractivity contribution in [1.82, 2.24) is 4.98 Å². The molecule has 1 aliphatic carbocycles. The molecular weight excluding hydrogens is 302 g/mol. The maximum atomic E-state index is 12.3. The number of thiophene rings is 1. The van der Waals surface area contributed by atoms with Crippen molar-refractivity contribution in [3.05, 3.63) is 32.1 Å². The molecular formula is C15H15N3OS2. The lowest BCUT2D eigenvalue weighted by molar-refractivity contribution is 0.103. The fourth-order valence-electron chi connectivity index (χ4n) is 2.43. The summed E-state index contributed by atoms with van der Waals surface area (Å²) >= 11 is 2.95. The van der Waals surface area contributed by atoms with E-state index < -0.39 is 0 Å². The van der Waals surface area contributed by atoms with Crippen molar-refractivity contribution in [2.45, 2.75) is 39.0 Å². The van der Waals surface area contributed by atoms with Crippen LogP contribution < -0.4 is 5.32 Å². The molecule has 0 radical (unpaired) electrons. The second-order valence-electron chi connectivity index (χ2n) is 5.34. The number of aromatic nitrogens is 1. The molecule has 0 unspecified atom stereocenters. The SMILES string of the molecule is CC(C)c1ncc(C(=O)Nc2sc3c(c2C#N)CCC3)s1. The molecule has 108 valence electrons. The van der Waals surface area contributed by atoms with Crippen LogP contribution in [0.3, 0.4) is 0 Å². The van der Waals surface area contributed by atoms with E-state index in [2.05, 4.69) is 30.2 Å². The van der Waals surface area contributed by atoms with E-state index in [-0.39, 0.29) is 5.91 Å². The molecule has 3 rings (SSSR count). The van der Waals surface area contributed by atoms with E-state index in [1.54, 1.807) is 6.20 Å². The number of nitriles is 1. The normalized spacial score (nSPS) is 13.2. The van der Waals surface area contributed by atoms with E-state index >= 15 is 0 Å². The predicted octanol–water partition coefficient (Wildman–Crippen LogP) is 3.94. The van der Waals surface area contributed by atoms with Crippen LogP contribution in [0.2, 0.25) is 0 Å². The van der Waals surface area contributed by atoms with Crippen LogP contribution in [0.1, 0.15) is 56.9 Å². The number of nitrogens with zero attached hydrogens (tertiary/aromatic N) is 2. The van der Waals surface area contributed by atoms with E-state index in [0.29, 0.717) is 21.4 Å². The number of carbonyl (C=O) groups is 1. The number of nitrogens with one attached hydrogen (secondary N) is 1. The average Bonchev–Trinajstić information content (AvgIpc) is 3.13. The van der Waals surface area contributed by atoms with Gasteiger partial charge in [-0.25, -0.2) is 4.98 Å². The van der Waals surface area contributed by atoms with Crippen molar-refractivity contribution in [1.29, 1.82) is 5.26 Å². The van der Waals surface area contributed by atoms with Gasteiger partial charge < -0.3 is 5.32 Å². The number of aryl methyl sites for hydroxylation is 1. The zero-order valence-corrected chi connectivity index (χ0v) is 13.5. The third-order valence-corrected chi connectivity index (χ3v) is 6.01. The van der Waals surface area contributed by atoms with Crippen molar-refractivity contribution in [2.75, 3.05) is 5.32 Å². The summed E-state index contributed by atoms with van der Waals surface area (Å²) in [6, 6.07) is 2.24. The first kappa shape index (κ1) is 14.2. The van der Waals surface area contributed by atoms with Gasteiger partial charge in [0.05, 0.1) is 16.8 Å². The topological polar surface area (TPSA) is 65.8 Å². The van der Waals surface area contributed by atoms with Crippen molar-refractivity contribution >= 4 is 33.6 Å². The Labute approximate surface area is 131 Å². The van der Waals surface area contributed by atoms with E-state index in [4.69, 9.17) is 0 Å². The number of fused-ring (bicyclic) bond motifs is 1. The molecule has 0 fully saturated rings. The molecule has 0 saturated carbocycles. The molecule has 0 saturated heterocycles. The zero-order valence-electron chi connectivity index (χ0n) is 11.9. The summed E-state index contributed by atoms with van der Waals surface area (Å²) < 4.78 is 0. The molecule has 2 aromatic heterocycles. The van der Waals surface area contributed by atoms with Gasteiger partial charge in [-0.15, -0.1) is 22.7 Å². The number of amides is 1. The fraction of sp³-hybridized carbons (Fsp3) is 0.400. The van der Waals surface area contributed by atoms with Crippen molar-refractivity contribution in [3.8, 4) is 6.07 Å². The quantitative estimate of drug-likeness (QED) is 0.932. The highest BCUT2D eigenvalue weighted by Crippen LogP contribution is 2.38. The summed E-state index contributed by atoms with van der Waals surface area (Å²) in [5.41, 5.74) is 1.78. The van der Waals surface area contributed by atoms with Crippen LogP contribution in [0, 0.1) is 11.3 Å².